The van der Waals surface area contributed by atoms with Crippen molar-refractivity contribution in [2.75, 3.05) is 6.54 Å². The van der Waals surface area contributed by atoms with Gasteiger partial charge in [0, 0.05) is 6.54 Å². The SMILES string of the molecule is CC(C)(CCCCCCCCCN1C(=O)c2ccccc2C1=O)C(=O)O. The van der Waals surface area contributed by atoms with Gasteiger partial charge in [0.2, 0.25) is 0 Å². The molecule has 0 radical (unpaired) electrons. The molecule has 1 heterocycles. The number of carboxylic acids is 1. The van der Waals surface area contributed by atoms with Gasteiger partial charge in [0.1, 0.15) is 0 Å². The number of hydrogen-bond donors (Lipinski definition) is 1. The van der Waals surface area contributed by atoms with Crippen molar-refractivity contribution in [3.63, 3.8) is 0 Å². The van der Waals surface area contributed by atoms with Crippen molar-refractivity contribution in [1.29, 1.82) is 0 Å². The normalized spacial score (nSPS) is 14.0. The highest BCUT2D eigenvalue weighted by Gasteiger charge is 2.34. The molecule has 0 saturated heterocycles. The maximum absolute atomic E-state index is 12.2. The number of amides is 2. The lowest BCUT2D eigenvalue weighted by Crippen LogP contribution is -2.30. The summed E-state index contributed by atoms with van der Waals surface area (Å²) in [5.74, 6) is -1.08. The smallest absolute Gasteiger partial charge is 0.309 e. The number of carbonyl (C=O) groups excluding carboxylic acids is 2. The average molecular weight is 359 g/mol. The van der Waals surface area contributed by atoms with E-state index in [1.165, 1.54) is 4.90 Å². The van der Waals surface area contributed by atoms with Gasteiger partial charge >= 0.3 is 5.97 Å². The summed E-state index contributed by atoms with van der Waals surface area (Å²) >= 11 is 0. The van der Waals surface area contributed by atoms with Gasteiger partial charge in [-0.25, -0.2) is 0 Å². The van der Waals surface area contributed by atoms with Crippen LogP contribution in [0.4, 0.5) is 0 Å². The lowest BCUT2D eigenvalue weighted by Gasteiger charge is -2.18. The van der Waals surface area contributed by atoms with Crippen molar-refractivity contribution in [3.05, 3.63) is 35.4 Å². The highest BCUT2D eigenvalue weighted by molar-refractivity contribution is 6.21. The largest absolute Gasteiger partial charge is 0.481 e. The van der Waals surface area contributed by atoms with Gasteiger partial charge < -0.3 is 5.11 Å². The highest BCUT2D eigenvalue weighted by Crippen LogP contribution is 2.25. The predicted molar refractivity (Wildman–Crippen MR) is 100 cm³/mol. The zero-order valence-corrected chi connectivity index (χ0v) is 15.8. The summed E-state index contributed by atoms with van der Waals surface area (Å²) in [6.07, 6.45) is 7.81. The minimum absolute atomic E-state index is 0.174. The van der Waals surface area contributed by atoms with Gasteiger partial charge in [0.05, 0.1) is 16.5 Å². The Hall–Kier alpha value is -2.17. The lowest BCUT2D eigenvalue weighted by molar-refractivity contribution is -0.147. The van der Waals surface area contributed by atoms with E-state index in [-0.39, 0.29) is 11.8 Å². The monoisotopic (exact) mass is 359 g/mol. The second kappa shape index (κ2) is 8.97. The first-order chi connectivity index (χ1) is 12.3. The Balaban J connectivity index is 1.56. The standard InChI is InChI=1S/C21H29NO4/c1-21(2,20(25)26)14-10-6-4-3-5-7-11-15-22-18(23)16-12-8-9-13-17(16)19(22)24/h8-9,12-13H,3-7,10-11,14-15H2,1-2H3,(H,25,26). The number of rotatable bonds is 11. The third-order valence-corrected chi connectivity index (χ3v) is 5.14. The van der Waals surface area contributed by atoms with Crippen LogP contribution in [0.2, 0.25) is 0 Å². The van der Waals surface area contributed by atoms with Crippen molar-refractivity contribution in [3.8, 4) is 0 Å². The van der Waals surface area contributed by atoms with Crippen molar-refractivity contribution >= 4 is 17.8 Å². The van der Waals surface area contributed by atoms with Gasteiger partial charge in [-0.05, 0) is 38.8 Å². The Morgan fingerprint density at radius 3 is 1.85 bits per heavy atom. The van der Waals surface area contributed by atoms with E-state index in [1.807, 2.05) is 0 Å². The zero-order chi connectivity index (χ0) is 19.2. The summed E-state index contributed by atoms with van der Waals surface area (Å²) in [4.78, 5) is 36.9. The molecule has 0 saturated carbocycles. The van der Waals surface area contributed by atoms with E-state index in [0.717, 1.165) is 44.9 Å². The number of fused-ring (bicyclic) bond motifs is 1. The van der Waals surface area contributed by atoms with Crippen LogP contribution in [0.15, 0.2) is 24.3 Å². The maximum atomic E-state index is 12.2. The van der Waals surface area contributed by atoms with Gasteiger partial charge in [-0.3, -0.25) is 19.3 Å². The summed E-state index contributed by atoms with van der Waals surface area (Å²) < 4.78 is 0. The Bertz CT molecular complexity index is 631. The number of aliphatic carboxylic acids is 1. The van der Waals surface area contributed by atoms with E-state index in [4.69, 9.17) is 5.11 Å². The fourth-order valence-corrected chi connectivity index (χ4v) is 3.27. The molecule has 5 nitrogen and oxygen atoms in total. The van der Waals surface area contributed by atoms with Crippen molar-refractivity contribution in [2.45, 2.75) is 65.2 Å². The quantitative estimate of drug-likeness (QED) is 0.466. The van der Waals surface area contributed by atoms with Gasteiger partial charge in [0.15, 0.2) is 0 Å². The Morgan fingerprint density at radius 1 is 0.885 bits per heavy atom. The molecule has 2 rings (SSSR count). The van der Waals surface area contributed by atoms with E-state index >= 15 is 0 Å². The van der Waals surface area contributed by atoms with E-state index < -0.39 is 11.4 Å². The van der Waals surface area contributed by atoms with E-state index in [9.17, 15) is 14.4 Å². The van der Waals surface area contributed by atoms with Crippen LogP contribution in [0.5, 0.6) is 0 Å². The first kappa shape index (κ1) is 20.1. The molecular weight excluding hydrogens is 330 g/mol. The molecule has 1 aliphatic heterocycles. The van der Waals surface area contributed by atoms with Crippen LogP contribution in [-0.2, 0) is 4.79 Å². The average Bonchev–Trinajstić information content (AvgIpc) is 2.85. The van der Waals surface area contributed by atoms with Crippen LogP contribution in [-0.4, -0.2) is 34.3 Å². The minimum Gasteiger partial charge on any atom is -0.481 e. The molecule has 1 N–H and O–H groups in total. The summed E-state index contributed by atoms with van der Waals surface area (Å²) in [5.41, 5.74) is 0.399. The second-order valence-corrected chi connectivity index (χ2v) is 7.72. The first-order valence-corrected chi connectivity index (χ1v) is 9.53. The van der Waals surface area contributed by atoms with Crippen molar-refractivity contribution < 1.29 is 19.5 Å². The topological polar surface area (TPSA) is 74.7 Å². The number of imide groups is 1. The molecule has 26 heavy (non-hydrogen) atoms. The lowest BCUT2D eigenvalue weighted by atomic mass is 9.87. The Morgan fingerprint density at radius 2 is 1.35 bits per heavy atom. The second-order valence-electron chi connectivity index (χ2n) is 7.72. The fourth-order valence-electron chi connectivity index (χ4n) is 3.27. The number of hydrogen-bond acceptors (Lipinski definition) is 3. The van der Waals surface area contributed by atoms with Gasteiger partial charge in [-0.2, -0.15) is 0 Å². The number of carbonyl (C=O) groups is 3. The molecule has 1 aromatic carbocycles. The van der Waals surface area contributed by atoms with Crippen molar-refractivity contribution in [1.82, 2.24) is 4.90 Å². The summed E-state index contributed by atoms with van der Waals surface area (Å²) in [5, 5.41) is 9.07. The molecule has 0 unspecified atom stereocenters. The maximum Gasteiger partial charge on any atom is 0.309 e. The molecule has 0 atom stereocenters. The van der Waals surface area contributed by atoms with Crippen LogP contribution in [0.1, 0.15) is 85.9 Å². The molecule has 0 spiro atoms. The molecule has 0 aliphatic carbocycles. The van der Waals surface area contributed by atoms with Crippen LogP contribution >= 0.6 is 0 Å². The van der Waals surface area contributed by atoms with Crippen LogP contribution < -0.4 is 0 Å². The summed E-state index contributed by atoms with van der Waals surface area (Å²) in [7, 11) is 0. The number of nitrogens with zero attached hydrogens (tertiary/aromatic N) is 1. The van der Waals surface area contributed by atoms with E-state index in [1.54, 1.807) is 38.1 Å². The highest BCUT2D eigenvalue weighted by atomic mass is 16.4. The van der Waals surface area contributed by atoms with E-state index in [0.29, 0.717) is 24.1 Å². The molecule has 1 aliphatic rings. The van der Waals surface area contributed by atoms with Gasteiger partial charge in [0.25, 0.3) is 11.8 Å². The van der Waals surface area contributed by atoms with Crippen molar-refractivity contribution in [2.24, 2.45) is 5.41 Å². The predicted octanol–water partition coefficient (Wildman–Crippen LogP) is 4.51. The molecule has 1 aromatic rings. The third kappa shape index (κ3) is 4.93. The fraction of sp³-hybridized carbons (Fsp3) is 0.571. The van der Waals surface area contributed by atoms with Gasteiger partial charge in [-0.15, -0.1) is 0 Å². The molecule has 2 amide bonds. The summed E-state index contributed by atoms with van der Waals surface area (Å²) in [6.45, 7) is 4.03. The van der Waals surface area contributed by atoms with Crippen LogP contribution in [0.25, 0.3) is 0 Å². The van der Waals surface area contributed by atoms with E-state index in [2.05, 4.69) is 0 Å². The minimum atomic E-state index is -0.731. The third-order valence-electron chi connectivity index (χ3n) is 5.14. The molecular formula is C21H29NO4. The number of unbranched alkanes of at least 4 members (excludes halogenated alkanes) is 6. The first-order valence-electron chi connectivity index (χ1n) is 9.53. The van der Waals surface area contributed by atoms with Gasteiger partial charge in [-0.1, -0.05) is 50.7 Å². The zero-order valence-electron chi connectivity index (χ0n) is 15.8. The molecule has 0 fully saturated rings. The van der Waals surface area contributed by atoms with Crippen LogP contribution in [0.3, 0.4) is 0 Å². The Kier molecular flexibility index (Phi) is 6.95. The number of carboxylic acid groups (broad SMARTS) is 1. The molecule has 0 aromatic heterocycles. The molecule has 142 valence electrons. The summed E-state index contributed by atoms with van der Waals surface area (Å²) in [6, 6.07) is 6.98. The molecule has 0 bridgehead atoms. The Labute approximate surface area is 155 Å². The number of benzene rings is 1. The molecule has 5 heteroatoms. The van der Waals surface area contributed by atoms with Crippen LogP contribution in [0, 0.1) is 5.41 Å².